The normalized spacial score (nSPS) is 14.9. The van der Waals surface area contributed by atoms with Gasteiger partial charge in [-0.1, -0.05) is 32.0 Å². The first-order chi connectivity index (χ1) is 7.24. The maximum atomic E-state index is 10.3. The van der Waals surface area contributed by atoms with E-state index in [-0.39, 0.29) is 0 Å². The van der Waals surface area contributed by atoms with E-state index in [9.17, 15) is 4.79 Å². The molecule has 0 saturated heterocycles. The number of carbonyl (C=O) groups is 1. The molecule has 0 aromatic rings. The van der Waals surface area contributed by atoms with Crippen LogP contribution in [0.5, 0.6) is 0 Å². The highest BCUT2D eigenvalue weighted by Gasteiger charge is 2.22. The summed E-state index contributed by atoms with van der Waals surface area (Å²) in [6.45, 7) is 11.7. The smallest absolute Gasteiger partial charge is 0.176 e. The Bertz CT molecular complexity index is 164. The fraction of sp³-hybridized carbons (Fsp3) is 0.917. The van der Waals surface area contributed by atoms with Crippen molar-refractivity contribution < 1.29 is 9.28 Å². The molecule has 15 heavy (non-hydrogen) atoms. The molecule has 0 saturated carbocycles. The summed E-state index contributed by atoms with van der Waals surface area (Å²) in [5.74, 6) is 0.973. The van der Waals surface area contributed by atoms with Gasteiger partial charge < -0.3 is 4.48 Å². The first-order valence-electron chi connectivity index (χ1n) is 6.15. The number of rotatable bonds is 10. The van der Waals surface area contributed by atoms with E-state index in [0.717, 1.165) is 17.9 Å². The minimum Gasteiger partial charge on any atom is -0.323 e. The van der Waals surface area contributed by atoms with E-state index in [1.54, 1.807) is 0 Å². The van der Waals surface area contributed by atoms with E-state index >= 15 is 0 Å². The second-order valence-electron chi connectivity index (χ2n) is 4.15. The Hall–Kier alpha value is -0.0200. The number of thioether (sulfide) groups is 1. The molecule has 0 aromatic carbocycles. The summed E-state index contributed by atoms with van der Waals surface area (Å²) < 4.78 is 1.20. The number of quaternary nitrogens is 1. The highest BCUT2D eigenvalue weighted by atomic mass is 32.2. The van der Waals surface area contributed by atoms with Gasteiger partial charge in [-0.15, -0.1) is 0 Å². The van der Waals surface area contributed by atoms with Gasteiger partial charge in [0.05, 0.1) is 31.9 Å². The molecule has 0 spiro atoms. The molecule has 0 N–H and O–H groups in total. The molecule has 0 amide bonds. The summed E-state index contributed by atoms with van der Waals surface area (Å²) in [6.07, 6.45) is 3.81. The largest absolute Gasteiger partial charge is 0.323 e. The molecule has 0 aromatic heterocycles. The molecule has 0 bridgehead atoms. The van der Waals surface area contributed by atoms with Crippen molar-refractivity contribution in [3.63, 3.8) is 0 Å². The molecule has 0 aliphatic heterocycles. The van der Waals surface area contributed by atoms with Crippen LogP contribution in [0, 0.1) is 0 Å². The van der Waals surface area contributed by atoms with Crippen molar-refractivity contribution in [3.05, 3.63) is 0 Å². The van der Waals surface area contributed by atoms with Gasteiger partial charge >= 0.3 is 0 Å². The van der Waals surface area contributed by atoms with E-state index in [1.165, 1.54) is 55.1 Å². The van der Waals surface area contributed by atoms with Crippen LogP contribution in [0.25, 0.3) is 0 Å². The zero-order valence-electron chi connectivity index (χ0n) is 10.5. The van der Waals surface area contributed by atoms with Gasteiger partial charge in [0.15, 0.2) is 5.62 Å². The molecule has 0 fully saturated rings. The van der Waals surface area contributed by atoms with Gasteiger partial charge in [-0.2, -0.15) is 0 Å². The molecule has 90 valence electrons. The van der Waals surface area contributed by atoms with Crippen LogP contribution in [0.4, 0.5) is 0 Å². The predicted molar refractivity (Wildman–Crippen MR) is 69.8 cm³/mol. The van der Waals surface area contributed by atoms with Crippen LogP contribution in [-0.4, -0.2) is 42.0 Å². The minimum absolute atomic E-state index is 0.968. The maximum absolute atomic E-state index is 10.3. The lowest BCUT2D eigenvalue weighted by Crippen LogP contribution is -2.50. The third-order valence-electron chi connectivity index (χ3n) is 3.11. The zero-order valence-corrected chi connectivity index (χ0v) is 11.3. The summed E-state index contributed by atoms with van der Waals surface area (Å²) in [5.41, 5.74) is 0.968. The van der Waals surface area contributed by atoms with Crippen LogP contribution < -0.4 is 0 Å². The Balaban J connectivity index is 4.14. The monoisotopic (exact) mass is 232 g/mol. The van der Waals surface area contributed by atoms with Gasteiger partial charge in [0, 0.05) is 0 Å². The Kier molecular flexibility index (Phi) is 9.21. The molecular weight excluding hydrogens is 206 g/mol. The van der Waals surface area contributed by atoms with E-state index in [0.29, 0.717) is 0 Å². The fourth-order valence-electron chi connectivity index (χ4n) is 2.07. The molecule has 0 aliphatic carbocycles. The molecule has 2 nitrogen and oxygen atoms in total. The Morgan fingerprint density at radius 1 is 1.07 bits per heavy atom. The number of hydrogen-bond donors (Lipinski definition) is 0. The lowest BCUT2D eigenvalue weighted by Gasteiger charge is -2.37. The first kappa shape index (κ1) is 15.0. The molecule has 1 unspecified atom stereocenters. The lowest BCUT2D eigenvalue weighted by molar-refractivity contribution is -0.924. The summed E-state index contributed by atoms with van der Waals surface area (Å²) >= 11 is 1.41. The number of hydrogen-bond acceptors (Lipinski definition) is 2. The van der Waals surface area contributed by atoms with Gasteiger partial charge in [-0.05, 0) is 19.8 Å². The highest BCUT2D eigenvalue weighted by Crippen LogP contribution is 2.12. The van der Waals surface area contributed by atoms with Crippen molar-refractivity contribution in [2.75, 3.05) is 31.9 Å². The van der Waals surface area contributed by atoms with E-state index in [4.69, 9.17) is 0 Å². The Labute approximate surface area is 99.0 Å². The van der Waals surface area contributed by atoms with Gasteiger partial charge in [-0.25, -0.2) is 0 Å². The van der Waals surface area contributed by atoms with Crippen LogP contribution in [0.15, 0.2) is 0 Å². The predicted octanol–water partition coefficient (Wildman–Crippen LogP) is 2.96. The van der Waals surface area contributed by atoms with Crippen molar-refractivity contribution in [3.8, 4) is 0 Å². The molecule has 1 atom stereocenters. The van der Waals surface area contributed by atoms with Crippen LogP contribution in [-0.2, 0) is 4.79 Å². The standard InChI is InChI=1S/C12H26NOS/c1-4-7-9-13(6-3,8-5-2)10-11-15-12-14/h12H,4-11H2,1-3H3/q+1. The quantitative estimate of drug-likeness (QED) is 0.327. The lowest BCUT2D eigenvalue weighted by atomic mass is 10.2. The molecule has 0 aliphatic rings. The second kappa shape index (κ2) is 9.22. The van der Waals surface area contributed by atoms with Crippen molar-refractivity contribution in [2.45, 2.75) is 40.0 Å². The van der Waals surface area contributed by atoms with Crippen molar-refractivity contribution in [2.24, 2.45) is 0 Å². The van der Waals surface area contributed by atoms with E-state index in [2.05, 4.69) is 20.8 Å². The average molecular weight is 232 g/mol. The Morgan fingerprint density at radius 2 is 1.80 bits per heavy atom. The van der Waals surface area contributed by atoms with Gasteiger partial charge in [0.1, 0.15) is 0 Å². The first-order valence-corrected chi connectivity index (χ1v) is 7.20. The SMILES string of the molecule is CCCC[N+](CC)(CCC)CCSC=O. The summed E-state index contributed by atoms with van der Waals surface area (Å²) in [7, 11) is 0. The highest BCUT2D eigenvalue weighted by molar-refractivity contribution is 8.11. The second-order valence-corrected chi connectivity index (χ2v) is 5.08. The zero-order chi connectivity index (χ0) is 11.6. The Morgan fingerprint density at radius 3 is 2.27 bits per heavy atom. The third kappa shape index (κ3) is 6.21. The number of unbranched alkanes of at least 4 members (excludes halogenated alkanes) is 1. The van der Waals surface area contributed by atoms with Crippen LogP contribution in [0.2, 0.25) is 0 Å². The summed E-state index contributed by atoms with van der Waals surface area (Å²) in [4.78, 5) is 10.3. The van der Waals surface area contributed by atoms with Crippen LogP contribution in [0.3, 0.4) is 0 Å². The molecular formula is C12H26NOS+. The maximum Gasteiger partial charge on any atom is 0.176 e. The molecule has 3 heteroatoms. The van der Waals surface area contributed by atoms with Gasteiger partial charge in [0.2, 0.25) is 0 Å². The van der Waals surface area contributed by atoms with Crippen molar-refractivity contribution in [1.82, 2.24) is 0 Å². The molecule has 0 rings (SSSR count). The van der Waals surface area contributed by atoms with Crippen LogP contribution >= 0.6 is 11.8 Å². The summed E-state index contributed by atoms with van der Waals surface area (Å²) in [6, 6.07) is 0. The summed E-state index contributed by atoms with van der Waals surface area (Å²) in [5, 5.41) is 0. The van der Waals surface area contributed by atoms with Crippen LogP contribution in [0.1, 0.15) is 40.0 Å². The topological polar surface area (TPSA) is 17.1 Å². The fourth-order valence-corrected chi connectivity index (χ4v) is 2.66. The van der Waals surface area contributed by atoms with E-state index in [1.807, 2.05) is 0 Å². The molecule has 0 radical (unpaired) electrons. The average Bonchev–Trinajstić information content (AvgIpc) is 2.26. The van der Waals surface area contributed by atoms with Crippen molar-refractivity contribution >= 4 is 17.4 Å². The molecule has 0 heterocycles. The number of nitrogens with zero attached hydrogens (tertiary/aromatic N) is 1. The van der Waals surface area contributed by atoms with E-state index < -0.39 is 0 Å². The minimum atomic E-state index is 0.968. The van der Waals surface area contributed by atoms with Gasteiger partial charge in [0.25, 0.3) is 0 Å². The third-order valence-corrected chi connectivity index (χ3v) is 3.66. The van der Waals surface area contributed by atoms with Gasteiger partial charge in [-0.3, -0.25) is 4.79 Å². The van der Waals surface area contributed by atoms with Crippen molar-refractivity contribution in [1.29, 1.82) is 0 Å². The number of carbonyl (C=O) groups excluding carboxylic acids is 1.